The first-order valence-electron chi connectivity index (χ1n) is 11.0. The number of rotatable bonds is 3. The van der Waals surface area contributed by atoms with Gasteiger partial charge in [-0.2, -0.15) is 0 Å². The Morgan fingerprint density at radius 2 is 1.86 bits per heavy atom. The molecule has 0 aromatic rings. The predicted octanol–water partition coefficient (Wildman–Crippen LogP) is 4.24. The topological polar surface area (TPSA) is 69.7 Å². The number of ether oxygens (including phenoxy) is 2. The van der Waals surface area contributed by atoms with Crippen LogP contribution in [0.25, 0.3) is 0 Å². The summed E-state index contributed by atoms with van der Waals surface area (Å²) in [5, 5.41) is 0. The van der Waals surface area contributed by atoms with Crippen LogP contribution in [0.4, 0.5) is 0 Å². The van der Waals surface area contributed by atoms with E-state index in [4.69, 9.17) is 9.47 Å². The maximum atomic E-state index is 13.1. The van der Waals surface area contributed by atoms with Crippen molar-refractivity contribution in [3.8, 4) is 0 Å². The Labute approximate surface area is 173 Å². The summed E-state index contributed by atoms with van der Waals surface area (Å²) in [4.78, 5) is 36.7. The molecule has 0 radical (unpaired) electrons. The number of fused-ring (bicyclic) bond motifs is 3. The van der Waals surface area contributed by atoms with Crippen molar-refractivity contribution in [1.29, 1.82) is 0 Å². The Morgan fingerprint density at radius 3 is 2.52 bits per heavy atom. The van der Waals surface area contributed by atoms with Gasteiger partial charge in [0, 0.05) is 25.7 Å². The van der Waals surface area contributed by atoms with Crippen molar-refractivity contribution >= 4 is 17.7 Å². The maximum absolute atomic E-state index is 13.1. The molecule has 29 heavy (non-hydrogen) atoms. The van der Waals surface area contributed by atoms with Crippen LogP contribution >= 0.6 is 0 Å². The molecule has 0 heterocycles. The van der Waals surface area contributed by atoms with Crippen molar-refractivity contribution in [3.05, 3.63) is 12.2 Å². The van der Waals surface area contributed by atoms with Crippen molar-refractivity contribution in [2.45, 2.75) is 78.7 Å². The Morgan fingerprint density at radius 1 is 1.14 bits per heavy atom. The van der Waals surface area contributed by atoms with Gasteiger partial charge in [0.25, 0.3) is 0 Å². The molecule has 160 valence electrons. The van der Waals surface area contributed by atoms with Gasteiger partial charge in [0.1, 0.15) is 18.5 Å². The van der Waals surface area contributed by atoms with Gasteiger partial charge in [-0.15, -0.1) is 0 Å². The zero-order valence-corrected chi connectivity index (χ0v) is 18.2. The zero-order chi connectivity index (χ0) is 21.2. The summed E-state index contributed by atoms with van der Waals surface area (Å²) in [5.41, 5.74) is 0.487. The molecule has 1 spiro atoms. The highest BCUT2D eigenvalue weighted by Crippen LogP contribution is 2.72. The number of carbonyl (C=O) groups is 3. The average molecular weight is 403 g/mol. The van der Waals surface area contributed by atoms with Crippen LogP contribution in [0, 0.1) is 34.0 Å². The van der Waals surface area contributed by atoms with Crippen LogP contribution in [0.1, 0.15) is 72.6 Å². The first kappa shape index (κ1) is 20.6. The first-order chi connectivity index (χ1) is 13.5. The molecule has 5 heteroatoms. The van der Waals surface area contributed by atoms with Gasteiger partial charge < -0.3 is 9.47 Å². The smallest absolute Gasteiger partial charge is 0.302 e. The van der Waals surface area contributed by atoms with Gasteiger partial charge in [-0.05, 0) is 68.6 Å². The molecule has 4 rings (SSSR count). The molecule has 0 aromatic carbocycles. The van der Waals surface area contributed by atoms with Gasteiger partial charge in [0.15, 0.2) is 0 Å². The molecular weight excluding hydrogens is 368 g/mol. The van der Waals surface area contributed by atoms with E-state index in [0.29, 0.717) is 24.7 Å². The van der Waals surface area contributed by atoms with Crippen molar-refractivity contribution in [2.24, 2.45) is 34.0 Å². The molecule has 5 nitrogen and oxygen atoms in total. The largest absolute Gasteiger partial charge is 0.465 e. The van der Waals surface area contributed by atoms with E-state index in [1.807, 2.05) is 6.92 Å². The number of hydrogen-bond donors (Lipinski definition) is 0. The molecule has 7 unspecified atom stereocenters. The summed E-state index contributed by atoms with van der Waals surface area (Å²) in [6.45, 7) is 11.6. The second kappa shape index (κ2) is 6.68. The molecular formula is C24H34O5. The van der Waals surface area contributed by atoms with Gasteiger partial charge in [0.2, 0.25) is 0 Å². The van der Waals surface area contributed by atoms with Gasteiger partial charge in [-0.1, -0.05) is 19.1 Å². The van der Waals surface area contributed by atoms with Crippen molar-refractivity contribution in [3.63, 3.8) is 0 Å². The number of esters is 2. The van der Waals surface area contributed by atoms with E-state index >= 15 is 0 Å². The highest BCUT2D eigenvalue weighted by molar-refractivity contribution is 5.86. The highest BCUT2D eigenvalue weighted by atomic mass is 16.5. The highest BCUT2D eigenvalue weighted by Gasteiger charge is 2.69. The number of carbonyl (C=O) groups excluding carboxylic acids is 3. The summed E-state index contributed by atoms with van der Waals surface area (Å²) >= 11 is 0. The van der Waals surface area contributed by atoms with Crippen molar-refractivity contribution < 1.29 is 23.9 Å². The number of ketones is 1. The van der Waals surface area contributed by atoms with E-state index in [9.17, 15) is 14.4 Å². The summed E-state index contributed by atoms with van der Waals surface area (Å²) < 4.78 is 11.4. The molecule has 4 fully saturated rings. The minimum absolute atomic E-state index is 0.0287. The summed E-state index contributed by atoms with van der Waals surface area (Å²) in [7, 11) is 0. The lowest BCUT2D eigenvalue weighted by Gasteiger charge is -2.65. The predicted molar refractivity (Wildman–Crippen MR) is 108 cm³/mol. The number of hydrogen-bond acceptors (Lipinski definition) is 5. The Bertz CT molecular complexity index is 771. The summed E-state index contributed by atoms with van der Waals surface area (Å²) in [6, 6.07) is 0. The van der Waals surface area contributed by atoms with Crippen LogP contribution in [-0.4, -0.2) is 30.4 Å². The average Bonchev–Trinajstić information content (AvgIpc) is 2.89. The lowest BCUT2D eigenvalue weighted by atomic mass is 9.40. The van der Waals surface area contributed by atoms with Crippen LogP contribution in [-0.2, 0) is 23.9 Å². The number of Topliss-reactive ketones (excluding diaryl/α,β-unsaturated/α-hetero) is 1. The molecule has 0 aliphatic heterocycles. The second-order valence-corrected chi connectivity index (χ2v) is 10.6. The normalized spacial score (nSPS) is 45.9. The summed E-state index contributed by atoms with van der Waals surface area (Å²) in [6.07, 6.45) is 6.05. The maximum Gasteiger partial charge on any atom is 0.302 e. The standard InChI is InChI=1S/C24H34O5/c1-14-11-24-12-17(14)6-7-18(24)22(4)9-8-20(27)23(5,13-28-15(2)25)19(22)10-21(24)29-16(3)26/h17-19,21H,1,6-13H2,2-5H3. The molecule has 4 saturated carbocycles. The third-order valence-electron chi connectivity index (χ3n) is 9.12. The van der Waals surface area contributed by atoms with Crippen molar-refractivity contribution in [2.75, 3.05) is 6.61 Å². The molecule has 0 N–H and O–H groups in total. The fraction of sp³-hybridized carbons (Fsp3) is 0.792. The van der Waals surface area contributed by atoms with Crippen LogP contribution in [0.5, 0.6) is 0 Å². The summed E-state index contributed by atoms with van der Waals surface area (Å²) in [5.74, 6) is 0.502. The van der Waals surface area contributed by atoms with Gasteiger partial charge in [-0.3, -0.25) is 14.4 Å². The quantitative estimate of drug-likeness (QED) is 0.522. The minimum atomic E-state index is -0.731. The van der Waals surface area contributed by atoms with E-state index in [1.165, 1.54) is 19.4 Å². The first-order valence-corrected chi connectivity index (χ1v) is 11.0. The lowest BCUT2D eigenvalue weighted by molar-refractivity contribution is -0.217. The molecule has 0 saturated heterocycles. The molecule has 4 aliphatic rings. The SMILES string of the molecule is C=C1CC23CC1CCC2C1(C)CCC(=O)C(C)(COC(C)=O)C1CC3OC(C)=O. The van der Waals surface area contributed by atoms with Crippen LogP contribution in [0.2, 0.25) is 0 Å². The Balaban J connectivity index is 1.78. The third-order valence-corrected chi connectivity index (χ3v) is 9.12. The van der Waals surface area contributed by atoms with Gasteiger partial charge >= 0.3 is 11.9 Å². The zero-order valence-electron chi connectivity index (χ0n) is 18.2. The molecule has 0 amide bonds. The third kappa shape index (κ3) is 2.90. The van der Waals surface area contributed by atoms with Crippen LogP contribution in [0.15, 0.2) is 12.2 Å². The van der Waals surface area contributed by atoms with E-state index in [2.05, 4.69) is 13.5 Å². The molecule has 4 aliphatic carbocycles. The van der Waals surface area contributed by atoms with Crippen LogP contribution < -0.4 is 0 Å². The van der Waals surface area contributed by atoms with E-state index in [0.717, 1.165) is 32.1 Å². The fourth-order valence-corrected chi connectivity index (χ4v) is 7.88. The molecule has 2 bridgehead atoms. The second-order valence-electron chi connectivity index (χ2n) is 10.6. The monoisotopic (exact) mass is 402 g/mol. The van der Waals surface area contributed by atoms with Crippen molar-refractivity contribution in [1.82, 2.24) is 0 Å². The van der Waals surface area contributed by atoms with E-state index < -0.39 is 5.41 Å². The van der Waals surface area contributed by atoms with E-state index in [1.54, 1.807) is 0 Å². The van der Waals surface area contributed by atoms with Gasteiger partial charge in [-0.25, -0.2) is 0 Å². The number of allylic oxidation sites excluding steroid dienone is 1. The lowest BCUT2D eigenvalue weighted by Crippen LogP contribution is -2.64. The van der Waals surface area contributed by atoms with Crippen LogP contribution in [0.3, 0.4) is 0 Å². The van der Waals surface area contributed by atoms with Gasteiger partial charge in [0.05, 0.1) is 5.41 Å². The molecule has 7 atom stereocenters. The fourth-order valence-electron chi connectivity index (χ4n) is 7.88. The van der Waals surface area contributed by atoms with E-state index in [-0.39, 0.29) is 47.2 Å². The molecule has 0 aromatic heterocycles. The Kier molecular flexibility index (Phi) is 4.75. The minimum Gasteiger partial charge on any atom is -0.465 e. The Hall–Kier alpha value is -1.65.